The van der Waals surface area contributed by atoms with E-state index in [4.69, 9.17) is 28.7 Å². The fraction of sp³-hybridized carbons (Fsp3) is 0.784. The van der Waals surface area contributed by atoms with Crippen molar-refractivity contribution in [1.29, 1.82) is 0 Å². The molecule has 80 heavy (non-hydrogen) atoms. The Bertz CT molecular complexity index is 2000. The van der Waals surface area contributed by atoms with E-state index in [0.29, 0.717) is 12.8 Å². The van der Waals surface area contributed by atoms with Gasteiger partial charge in [-0.1, -0.05) is 59.8 Å². The van der Waals surface area contributed by atoms with Crippen LogP contribution in [0.15, 0.2) is 0 Å². The van der Waals surface area contributed by atoms with Gasteiger partial charge in [-0.2, -0.15) is 0 Å². The zero-order chi connectivity index (χ0) is 60.5. The Balaban J connectivity index is 3.80. The van der Waals surface area contributed by atoms with Crippen LogP contribution in [0.3, 0.4) is 0 Å². The van der Waals surface area contributed by atoms with E-state index in [9.17, 15) is 63.0 Å². The number of nitrogens with one attached hydrogen (secondary N) is 11. The van der Waals surface area contributed by atoms with Gasteiger partial charge in [0.2, 0.25) is 65.0 Å². The zero-order valence-electron chi connectivity index (χ0n) is 47.6. The van der Waals surface area contributed by atoms with E-state index in [1.54, 1.807) is 20.8 Å². The summed E-state index contributed by atoms with van der Waals surface area (Å²) >= 11 is 0. The molecule has 1 rings (SSSR count). The predicted octanol–water partition coefficient (Wildman–Crippen LogP) is -5.93. The number of rotatable bonds is 29. The highest BCUT2D eigenvalue weighted by atomic mass is 16.3. The number of nitrogens with two attached hydrogens (primary N) is 5. The SMILES string of the molecule is CCCCCCCC(=O)N[C@@H](CCN)C(=O)N[C@H](C(=O)N[C@@H](CCN)C(=O)N[C@H]1CCNC(=O)[C@H]([C@@H](C)O)NC(=O)[C@H](CCN)NC(=O)[C@H](CCN)NC(=O)[C@H](CCC)NC(=O)[C@@H](CC(C)C)NC(=O)[C@H](CCN)NC1=O)[C@@H](C)O. The number of amides is 11. The maximum atomic E-state index is 14.4. The van der Waals surface area contributed by atoms with E-state index in [1.165, 1.54) is 13.8 Å². The molecule has 23 N–H and O–H groups in total. The van der Waals surface area contributed by atoms with Gasteiger partial charge in [-0.3, -0.25) is 52.7 Å². The number of carbonyl (C=O) groups is 11. The summed E-state index contributed by atoms with van der Waals surface area (Å²) in [6.45, 7) is 8.68. The molecule has 11 amide bonds. The van der Waals surface area contributed by atoms with Crippen molar-refractivity contribution in [3.63, 3.8) is 0 Å². The van der Waals surface area contributed by atoms with Crippen LogP contribution < -0.4 is 87.2 Å². The molecule has 0 radical (unpaired) electrons. The van der Waals surface area contributed by atoms with Crippen molar-refractivity contribution >= 4 is 65.0 Å². The average molecular weight is 1140 g/mol. The Morgan fingerprint density at radius 1 is 0.525 bits per heavy atom. The van der Waals surface area contributed by atoms with E-state index in [1.807, 2.05) is 0 Å². The van der Waals surface area contributed by atoms with Crippen molar-refractivity contribution in [3.8, 4) is 0 Å². The van der Waals surface area contributed by atoms with Crippen LogP contribution in [0, 0.1) is 5.92 Å². The molecule has 0 saturated carbocycles. The summed E-state index contributed by atoms with van der Waals surface area (Å²) in [7, 11) is 0. The molecule has 0 aliphatic carbocycles. The Hall–Kier alpha value is -6.11. The van der Waals surface area contributed by atoms with Crippen molar-refractivity contribution in [2.24, 2.45) is 34.6 Å². The van der Waals surface area contributed by atoms with Crippen molar-refractivity contribution in [2.45, 2.75) is 210 Å². The van der Waals surface area contributed by atoms with Gasteiger partial charge in [0, 0.05) is 13.0 Å². The minimum absolute atomic E-state index is 0.00951. The van der Waals surface area contributed by atoms with E-state index < -0.39 is 151 Å². The first-order valence-corrected chi connectivity index (χ1v) is 28.1. The molecule has 1 aliphatic rings. The third kappa shape index (κ3) is 26.4. The molecule has 12 atom stereocenters. The fourth-order valence-electron chi connectivity index (χ4n) is 8.53. The van der Waals surface area contributed by atoms with Gasteiger partial charge in [-0.25, -0.2) is 0 Å². The Morgan fingerprint density at radius 2 is 0.988 bits per heavy atom. The highest BCUT2D eigenvalue weighted by Crippen LogP contribution is 2.11. The second-order valence-corrected chi connectivity index (χ2v) is 20.6. The third-order valence-electron chi connectivity index (χ3n) is 13.0. The molecule has 1 heterocycles. The predicted molar refractivity (Wildman–Crippen MR) is 296 cm³/mol. The second kappa shape index (κ2) is 39.3. The Morgan fingerprint density at radius 3 is 1.45 bits per heavy atom. The van der Waals surface area contributed by atoms with Crippen LogP contribution in [0.1, 0.15) is 138 Å². The quantitative estimate of drug-likeness (QED) is 0.0310. The van der Waals surface area contributed by atoms with Crippen LogP contribution in [-0.2, 0) is 52.7 Å². The molecule has 458 valence electrons. The molecule has 0 bridgehead atoms. The largest absolute Gasteiger partial charge is 0.391 e. The van der Waals surface area contributed by atoms with Crippen LogP contribution in [0.2, 0.25) is 0 Å². The number of hydrogen-bond donors (Lipinski definition) is 18. The van der Waals surface area contributed by atoms with Gasteiger partial charge in [0.05, 0.1) is 12.2 Å². The van der Waals surface area contributed by atoms with Crippen molar-refractivity contribution in [2.75, 3.05) is 39.3 Å². The van der Waals surface area contributed by atoms with E-state index in [-0.39, 0.29) is 90.0 Å². The summed E-state index contributed by atoms with van der Waals surface area (Å²) in [5, 5.41) is 49.3. The van der Waals surface area contributed by atoms with Crippen LogP contribution >= 0.6 is 0 Å². The molecular formula is C51H96N16O13. The summed E-state index contributed by atoms with van der Waals surface area (Å²) in [5.41, 5.74) is 29.1. The van der Waals surface area contributed by atoms with Crippen LogP contribution in [0.25, 0.3) is 0 Å². The molecule has 0 aromatic heterocycles. The van der Waals surface area contributed by atoms with Gasteiger partial charge in [-0.05, 0) is 110 Å². The average Bonchev–Trinajstić information content (AvgIpc) is 3.39. The number of carbonyl (C=O) groups excluding carboxylic acids is 11. The molecule has 1 aliphatic heterocycles. The molecule has 0 unspecified atom stereocenters. The molecule has 0 aromatic carbocycles. The smallest absolute Gasteiger partial charge is 0.245 e. The van der Waals surface area contributed by atoms with Crippen LogP contribution in [0.4, 0.5) is 0 Å². The summed E-state index contributed by atoms with van der Waals surface area (Å²) in [6, 6.07) is -14.4. The molecular weight excluding hydrogens is 1040 g/mol. The lowest BCUT2D eigenvalue weighted by atomic mass is 10.0. The highest BCUT2D eigenvalue weighted by molar-refractivity contribution is 5.99. The van der Waals surface area contributed by atoms with Gasteiger partial charge in [0.15, 0.2) is 0 Å². The lowest BCUT2D eigenvalue weighted by molar-refractivity contribution is -0.137. The summed E-state index contributed by atoms with van der Waals surface area (Å²) < 4.78 is 0. The monoisotopic (exact) mass is 1140 g/mol. The summed E-state index contributed by atoms with van der Waals surface area (Å²) in [4.78, 5) is 152. The van der Waals surface area contributed by atoms with Crippen molar-refractivity contribution in [3.05, 3.63) is 0 Å². The normalized spacial score (nSPS) is 23.2. The number of aliphatic hydroxyl groups is 2. The van der Waals surface area contributed by atoms with Crippen LogP contribution in [0.5, 0.6) is 0 Å². The summed E-state index contributed by atoms with van der Waals surface area (Å²) in [5.74, 6) is -9.76. The number of unbranched alkanes of at least 4 members (excludes halogenated alkanes) is 4. The molecule has 0 spiro atoms. The van der Waals surface area contributed by atoms with E-state index in [2.05, 4.69) is 65.4 Å². The Labute approximate surface area is 469 Å². The third-order valence-corrected chi connectivity index (χ3v) is 13.0. The molecule has 1 fully saturated rings. The van der Waals surface area contributed by atoms with Crippen molar-refractivity contribution < 1.29 is 63.0 Å². The first kappa shape index (κ1) is 71.9. The first-order chi connectivity index (χ1) is 37.9. The molecule has 29 nitrogen and oxygen atoms in total. The van der Waals surface area contributed by atoms with Gasteiger partial charge >= 0.3 is 0 Å². The van der Waals surface area contributed by atoms with Crippen LogP contribution in [-0.4, -0.2) is 187 Å². The number of hydrogen-bond acceptors (Lipinski definition) is 18. The first-order valence-electron chi connectivity index (χ1n) is 28.1. The highest BCUT2D eigenvalue weighted by Gasteiger charge is 2.37. The minimum atomic E-state index is -1.69. The fourth-order valence-corrected chi connectivity index (χ4v) is 8.53. The lowest BCUT2D eigenvalue weighted by Gasteiger charge is -2.29. The van der Waals surface area contributed by atoms with Crippen molar-refractivity contribution in [1.82, 2.24) is 58.5 Å². The number of aliphatic hydroxyl groups excluding tert-OH is 2. The maximum absolute atomic E-state index is 14.4. The maximum Gasteiger partial charge on any atom is 0.245 e. The van der Waals surface area contributed by atoms with Gasteiger partial charge in [0.1, 0.15) is 60.4 Å². The zero-order valence-corrected chi connectivity index (χ0v) is 47.6. The molecule has 0 aromatic rings. The van der Waals surface area contributed by atoms with E-state index in [0.717, 1.165) is 25.7 Å². The lowest BCUT2D eigenvalue weighted by Crippen LogP contribution is -2.62. The molecule has 1 saturated heterocycles. The van der Waals surface area contributed by atoms with Gasteiger partial charge < -0.3 is 97.4 Å². The topological polar surface area (TPSA) is 491 Å². The van der Waals surface area contributed by atoms with E-state index >= 15 is 0 Å². The van der Waals surface area contributed by atoms with Gasteiger partial charge in [-0.15, -0.1) is 0 Å². The molecule has 29 heteroatoms. The Kier molecular flexibility index (Phi) is 35.3. The minimum Gasteiger partial charge on any atom is -0.391 e. The second-order valence-electron chi connectivity index (χ2n) is 20.6. The standard InChI is InChI=1S/C51H96N16O13/c1-7-9-10-11-12-14-39(70)58-32(15-21-52)47(76)67-41(30(6)69)51(80)64-35(18-24-55)44(73)63-37-20-26-57-50(79)40(29(5)68)66-48(77)36(19-25-56)62-43(72)33(16-22-53)60-42(71)31(13-8-2)59-49(78)38(27-28(3)4)65-45(74)34(17-23-54)61-46(37)75/h28-38,40-41,68-69H,7-27,52-56H2,1-6H3,(H,57,79)(H,58,70)(H,59,78)(H,60,71)(H,61,75)(H,62,72)(H,63,73)(H,64,80)(H,65,74)(H,66,77)(H,67,76)/t29-,30-,31+,32+,33+,34+,35+,36+,37+,38-,40+,41+/m1/s1. The summed E-state index contributed by atoms with van der Waals surface area (Å²) in [6.07, 6.45) is 0.741. The van der Waals surface area contributed by atoms with Gasteiger partial charge in [0.25, 0.3) is 0 Å².